The van der Waals surface area contributed by atoms with Crippen LogP contribution in [-0.4, -0.2) is 35.1 Å². The van der Waals surface area contributed by atoms with Crippen molar-refractivity contribution in [2.45, 2.75) is 65.1 Å². The summed E-state index contributed by atoms with van der Waals surface area (Å²) in [4.78, 5) is 2.74. The first-order valence-electron chi connectivity index (χ1n) is 6.18. The number of nitrogens with zero attached hydrogens (tertiary/aromatic N) is 1. The molecule has 2 aliphatic rings. The Bertz CT molecular complexity index is 259. The van der Waals surface area contributed by atoms with Crippen molar-refractivity contribution < 1.29 is 0 Å². The second kappa shape index (κ2) is 2.98. The average molecular weight is 210 g/mol. The zero-order chi connectivity index (χ0) is 11.5. The molecule has 15 heavy (non-hydrogen) atoms. The number of piperazine rings is 1. The van der Waals surface area contributed by atoms with Crippen LogP contribution in [0.3, 0.4) is 0 Å². The molecule has 2 unspecified atom stereocenters. The van der Waals surface area contributed by atoms with E-state index in [1.165, 1.54) is 19.5 Å². The van der Waals surface area contributed by atoms with Gasteiger partial charge in [0.2, 0.25) is 0 Å². The Morgan fingerprint density at radius 2 is 1.73 bits per heavy atom. The molecular weight excluding hydrogens is 184 g/mol. The summed E-state index contributed by atoms with van der Waals surface area (Å²) in [6.07, 6.45) is 1.33. The van der Waals surface area contributed by atoms with Gasteiger partial charge in [-0.05, 0) is 32.6 Å². The van der Waals surface area contributed by atoms with Crippen molar-refractivity contribution >= 4 is 0 Å². The molecular formula is C13H26N2. The first-order valence-corrected chi connectivity index (χ1v) is 6.18. The zero-order valence-corrected chi connectivity index (χ0v) is 11.1. The van der Waals surface area contributed by atoms with Gasteiger partial charge in [-0.15, -0.1) is 0 Å². The first-order chi connectivity index (χ1) is 6.67. The minimum absolute atomic E-state index is 0.296. The van der Waals surface area contributed by atoms with Gasteiger partial charge < -0.3 is 5.32 Å². The largest absolute Gasteiger partial charge is 0.311 e. The second-order valence-electron chi connectivity index (χ2n) is 7.34. The van der Waals surface area contributed by atoms with E-state index in [0.717, 1.165) is 6.04 Å². The third-order valence-corrected chi connectivity index (χ3v) is 4.39. The van der Waals surface area contributed by atoms with Gasteiger partial charge >= 0.3 is 0 Å². The normalized spacial score (nSPS) is 37.6. The van der Waals surface area contributed by atoms with Crippen LogP contribution in [0, 0.1) is 5.41 Å². The van der Waals surface area contributed by atoms with Gasteiger partial charge in [0.15, 0.2) is 0 Å². The van der Waals surface area contributed by atoms with Gasteiger partial charge in [0.05, 0.1) is 0 Å². The molecule has 2 atom stereocenters. The van der Waals surface area contributed by atoms with Crippen LogP contribution in [0.2, 0.25) is 0 Å². The van der Waals surface area contributed by atoms with Gasteiger partial charge in [0.1, 0.15) is 0 Å². The summed E-state index contributed by atoms with van der Waals surface area (Å²) < 4.78 is 0. The van der Waals surface area contributed by atoms with E-state index >= 15 is 0 Å². The lowest BCUT2D eigenvalue weighted by atomic mass is 9.71. The average Bonchev–Trinajstić information content (AvgIpc) is 2.57. The molecule has 0 aromatic heterocycles. The lowest BCUT2D eigenvalue weighted by Crippen LogP contribution is -2.64. The minimum atomic E-state index is 0.296. The number of rotatable bonds is 0. The summed E-state index contributed by atoms with van der Waals surface area (Å²) in [7, 11) is 0. The van der Waals surface area contributed by atoms with Crippen LogP contribution in [0.5, 0.6) is 0 Å². The number of likely N-dealkylation sites (tertiary alicyclic amines) is 1. The SMILES string of the molecule is CC(C)(C)N1CC2CC1(C(C)(C)C)CN2. The van der Waals surface area contributed by atoms with Crippen molar-refractivity contribution in [3.05, 3.63) is 0 Å². The van der Waals surface area contributed by atoms with E-state index in [1.54, 1.807) is 0 Å². The molecule has 2 saturated heterocycles. The van der Waals surface area contributed by atoms with E-state index in [9.17, 15) is 0 Å². The predicted octanol–water partition coefficient (Wildman–Crippen LogP) is 2.25. The Hall–Kier alpha value is -0.0800. The molecule has 0 aromatic carbocycles. The van der Waals surface area contributed by atoms with E-state index in [1.807, 2.05) is 0 Å². The second-order valence-corrected chi connectivity index (χ2v) is 7.34. The topological polar surface area (TPSA) is 15.3 Å². The van der Waals surface area contributed by atoms with Crippen molar-refractivity contribution in [1.82, 2.24) is 10.2 Å². The van der Waals surface area contributed by atoms with Crippen molar-refractivity contribution in [2.24, 2.45) is 5.41 Å². The molecule has 2 heteroatoms. The Morgan fingerprint density at radius 1 is 1.13 bits per heavy atom. The van der Waals surface area contributed by atoms with Gasteiger partial charge in [0, 0.05) is 30.2 Å². The standard InChI is InChI=1S/C13H26N2/c1-11(2,3)13-7-10(14-9-13)8-15(13)12(4,5)6/h10,14H,7-9H2,1-6H3. The monoisotopic (exact) mass is 210 g/mol. The van der Waals surface area contributed by atoms with Crippen LogP contribution in [0.1, 0.15) is 48.0 Å². The Morgan fingerprint density at radius 3 is 2.07 bits per heavy atom. The molecule has 2 rings (SSSR count). The van der Waals surface area contributed by atoms with Crippen molar-refractivity contribution in [1.29, 1.82) is 0 Å². The summed E-state index contributed by atoms with van der Waals surface area (Å²) in [6.45, 7) is 16.6. The van der Waals surface area contributed by atoms with Crippen LogP contribution in [0.4, 0.5) is 0 Å². The zero-order valence-electron chi connectivity index (χ0n) is 11.1. The highest BCUT2D eigenvalue weighted by atomic mass is 15.4. The fourth-order valence-electron chi connectivity index (χ4n) is 3.49. The summed E-state index contributed by atoms with van der Waals surface area (Å²) in [5, 5.41) is 3.66. The highest BCUT2D eigenvalue weighted by molar-refractivity contribution is 5.16. The molecule has 0 aliphatic carbocycles. The first kappa shape index (κ1) is 11.4. The smallest absolute Gasteiger partial charge is 0.0403 e. The minimum Gasteiger partial charge on any atom is -0.311 e. The Labute approximate surface area is 94.4 Å². The van der Waals surface area contributed by atoms with Crippen molar-refractivity contribution in [3.63, 3.8) is 0 Å². The van der Waals surface area contributed by atoms with Gasteiger partial charge in [-0.1, -0.05) is 20.8 Å². The lowest BCUT2D eigenvalue weighted by molar-refractivity contribution is -0.0329. The Balaban J connectivity index is 2.36. The maximum absolute atomic E-state index is 3.66. The number of nitrogens with one attached hydrogen (secondary N) is 1. The van der Waals surface area contributed by atoms with Crippen LogP contribution >= 0.6 is 0 Å². The van der Waals surface area contributed by atoms with Crippen LogP contribution in [0.25, 0.3) is 0 Å². The number of hydrogen-bond acceptors (Lipinski definition) is 2. The summed E-state index contributed by atoms with van der Waals surface area (Å²) in [6, 6.07) is 0.725. The Kier molecular flexibility index (Phi) is 2.27. The predicted molar refractivity (Wildman–Crippen MR) is 65.1 cm³/mol. The molecule has 0 spiro atoms. The molecule has 2 aliphatic heterocycles. The molecule has 0 aromatic rings. The summed E-state index contributed by atoms with van der Waals surface area (Å²) in [5.74, 6) is 0. The molecule has 2 fully saturated rings. The molecule has 2 heterocycles. The molecule has 0 amide bonds. The summed E-state index contributed by atoms with van der Waals surface area (Å²) >= 11 is 0. The maximum atomic E-state index is 3.66. The number of fused-ring (bicyclic) bond motifs is 2. The summed E-state index contributed by atoms with van der Waals surface area (Å²) in [5.41, 5.74) is 1.03. The highest BCUT2D eigenvalue weighted by Gasteiger charge is 2.59. The quantitative estimate of drug-likeness (QED) is 0.660. The van der Waals surface area contributed by atoms with Gasteiger partial charge in [-0.25, -0.2) is 0 Å². The fourth-order valence-corrected chi connectivity index (χ4v) is 3.49. The highest BCUT2D eigenvalue weighted by Crippen LogP contribution is 2.49. The third kappa shape index (κ3) is 1.53. The van der Waals surface area contributed by atoms with Crippen molar-refractivity contribution in [3.8, 4) is 0 Å². The number of hydrogen-bond donors (Lipinski definition) is 1. The van der Waals surface area contributed by atoms with E-state index < -0.39 is 0 Å². The molecule has 2 nitrogen and oxygen atoms in total. The van der Waals surface area contributed by atoms with Crippen LogP contribution in [0.15, 0.2) is 0 Å². The van der Waals surface area contributed by atoms with E-state index in [-0.39, 0.29) is 0 Å². The third-order valence-electron chi connectivity index (χ3n) is 4.39. The van der Waals surface area contributed by atoms with Gasteiger partial charge in [-0.2, -0.15) is 0 Å². The maximum Gasteiger partial charge on any atom is 0.0403 e. The van der Waals surface area contributed by atoms with Crippen molar-refractivity contribution in [2.75, 3.05) is 13.1 Å². The van der Waals surface area contributed by atoms with E-state index in [4.69, 9.17) is 0 Å². The van der Waals surface area contributed by atoms with E-state index in [2.05, 4.69) is 51.8 Å². The van der Waals surface area contributed by atoms with Crippen LogP contribution < -0.4 is 5.32 Å². The lowest BCUT2D eigenvalue weighted by Gasteiger charge is -2.53. The molecule has 88 valence electrons. The molecule has 0 saturated carbocycles. The molecule has 0 radical (unpaired) electrons. The van der Waals surface area contributed by atoms with Crippen LogP contribution in [-0.2, 0) is 0 Å². The van der Waals surface area contributed by atoms with Gasteiger partial charge in [-0.3, -0.25) is 4.90 Å². The van der Waals surface area contributed by atoms with Gasteiger partial charge in [0.25, 0.3) is 0 Å². The molecule has 1 N–H and O–H groups in total. The van der Waals surface area contributed by atoms with E-state index in [0.29, 0.717) is 16.5 Å². The molecule has 2 bridgehead atoms. The fraction of sp³-hybridized carbons (Fsp3) is 1.00.